The Morgan fingerprint density at radius 1 is 1.64 bits per heavy atom. The van der Waals surface area contributed by atoms with Crippen LogP contribution in [0.25, 0.3) is 0 Å². The highest BCUT2D eigenvalue weighted by molar-refractivity contribution is 7.86. The largest absolute Gasteiger partial charge is 0.481 e. The summed E-state index contributed by atoms with van der Waals surface area (Å²) in [5, 5.41) is 13.9. The van der Waals surface area contributed by atoms with Crippen LogP contribution < -0.4 is 5.14 Å². The first-order chi connectivity index (χ1) is 6.32. The van der Waals surface area contributed by atoms with Gasteiger partial charge in [-0.1, -0.05) is 6.92 Å². The Kier molecular flexibility index (Phi) is 2.84. The maximum absolute atomic E-state index is 11.0. The lowest BCUT2D eigenvalue weighted by Gasteiger charge is -2.21. The van der Waals surface area contributed by atoms with Gasteiger partial charge in [0.1, 0.15) is 0 Å². The van der Waals surface area contributed by atoms with E-state index >= 15 is 0 Å². The molecule has 0 amide bonds. The highest BCUT2D eigenvalue weighted by Crippen LogP contribution is 2.34. The summed E-state index contributed by atoms with van der Waals surface area (Å²) in [5.41, 5.74) is -0.952. The zero-order valence-corrected chi connectivity index (χ0v) is 8.75. The number of carboxylic acids is 1. The van der Waals surface area contributed by atoms with Gasteiger partial charge in [-0.15, -0.1) is 0 Å². The van der Waals surface area contributed by atoms with Crippen LogP contribution in [0, 0.1) is 5.41 Å². The number of carbonyl (C=O) groups is 1. The van der Waals surface area contributed by atoms with Gasteiger partial charge in [0.2, 0.25) is 0 Å². The minimum Gasteiger partial charge on any atom is -0.481 e. The quantitative estimate of drug-likeness (QED) is 0.664. The molecule has 0 aromatic rings. The molecule has 0 spiro atoms. The van der Waals surface area contributed by atoms with Crippen LogP contribution in [0.1, 0.15) is 19.8 Å². The van der Waals surface area contributed by atoms with E-state index in [-0.39, 0.29) is 13.1 Å². The Hall–Kier alpha value is -0.660. The third-order valence-electron chi connectivity index (χ3n) is 2.81. The molecule has 0 aromatic heterocycles. The zero-order valence-electron chi connectivity index (χ0n) is 7.93. The smallest absolute Gasteiger partial charge is 0.311 e. The molecule has 7 heteroatoms. The van der Waals surface area contributed by atoms with Gasteiger partial charge in [-0.2, -0.15) is 12.7 Å². The fraction of sp³-hybridized carbons (Fsp3) is 0.857. The molecule has 1 fully saturated rings. The van der Waals surface area contributed by atoms with E-state index in [0.29, 0.717) is 12.8 Å². The minimum absolute atomic E-state index is 0.0162. The molecule has 82 valence electrons. The van der Waals surface area contributed by atoms with Gasteiger partial charge in [0.05, 0.1) is 5.41 Å². The van der Waals surface area contributed by atoms with Crippen molar-refractivity contribution < 1.29 is 18.3 Å². The maximum Gasteiger partial charge on any atom is 0.311 e. The molecule has 0 aromatic carbocycles. The molecule has 3 N–H and O–H groups in total. The fourth-order valence-electron chi connectivity index (χ4n) is 1.67. The number of nitrogens with zero attached hydrogens (tertiary/aromatic N) is 1. The summed E-state index contributed by atoms with van der Waals surface area (Å²) in [6.45, 7) is 1.91. The fourth-order valence-corrected chi connectivity index (χ4v) is 2.44. The molecule has 0 saturated carbocycles. The number of carboxylic acid groups (broad SMARTS) is 1. The van der Waals surface area contributed by atoms with E-state index in [1.54, 1.807) is 6.92 Å². The van der Waals surface area contributed by atoms with Crippen LogP contribution in [0.3, 0.4) is 0 Å². The second kappa shape index (κ2) is 3.48. The van der Waals surface area contributed by atoms with Crippen LogP contribution in [-0.4, -0.2) is 36.9 Å². The molecule has 1 atom stereocenters. The van der Waals surface area contributed by atoms with Gasteiger partial charge < -0.3 is 5.11 Å². The second-order valence-electron chi connectivity index (χ2n) is 3.57. The Balaban J connectivity index is 2.87. The van der Waals surface area contributed by atoms with Gasteiger partial charge in [-0.3, -0.25) is 4.79 Å². The lowest BCUT2D eigenvalue weighted by atomic mass is 9.85. The van der Waals surface area contributed by atoms with Gasteiger partial charge in [0.15, 0.2) is 0 Å². The Morgan fingerprint density at radius 2 is 2.21 bits per heavy atom. The second-order valence-corrected chi connectivity index (χ2v) is 5.11. The average molecular weight is 222 g/mol. The van der Waals surface area contributed by atoms with E-state index in [9.17, 15) is 13.2 Å². The molecule has 0 radical (unpaired) electrons. The lowest BCUT2D eigenvalue weighted by molar-refractivity contribution is -0.148. The number of nitrogens with two attached hydrogens (primary N) is 1. The third kappa shape index (κ3) is 1.89. The SMILES string of the molecule is CCC1(C(=O)O)CCN(S(N)(=O)=O)C1. The van der Waals surface area contributed by atoms with Crippen LogP contribution >= 0.6 is 0 Å². The van der Waals surface area contributed by atoms with Crippen LogP contribution in [0.2, 0.25) is 0 Å². The molecule has 6 nitrogen and oxygen atoms in total. The van der Waals surface area contributed by atoms with E-state index in [2.05, 4.69) is 0 Å². The summed E-state index contributed by atoms with van der Waals surface area (Å²) < 4.78 is 23.0. The van der Waals surface area contributed by atoms with Gasteiger partial charge >= 0.3 is 5.97 Å². The van der Waals surface area contributed by atoms with Crippen molar-refractivity contribution in [2.75, 3.05) is 13.1 Å². The highest BCUT2D eigenvalue weighted by Gasteiger charge is 2.46. The van der Waals surface area contributed by atoms with E-state index in [0.717, 1.165) is 4.31 Å². The van der Waals surface area contributed by atoms with Crippen LogP contribution in [0.5, 0.6) is 0 Å². The summed E-state index contributed by atoms with van der Waals surface area (Å²) in [6.07, 6.45) is 0.740. The van der Waals surface area contributed by atoms with Gasteiger partial charge in [-0.05, 0) is 12.8 Å². The predicted molar refractivity (Wildman–Crippen MR) is 49.7 cm³/mol. The zero-order chi connectivity index (χ0) is 11.0. The molecule has 1 saturated heterocycles. The minimum atomic E-state index is -3.75. The van der Waals surface area contributed by atoms with Crippen LogP contribution in [-0.2, 0) is 15.0 Å². The first-order valence-electron chi connectivity index (χ1n) is 4.33. The number of hydrogen-bond donors (Lipinski definition) is 2. The Morgan fingerprint density at radius 3 is 2.43 bits per heavy atom. The number of rotatable bonds is 3. The molecular formula is C7H14N2O4S. The van der Waals surface area contributed by atoms with Crippen molar-refractivity contribution in [3.05, 3.63) is 0 Å². The standard InChI is InChI=1S/C7H14N2O4S/c1-2-7(6(10)11)3-4-9(5-7)14(8,12)13/h2-5H2,1H3,(H,10,11)(H2,8,12,13). The van der Waals surface area contributed by atoms with Crippen molar-refractivity contribution in [1.82, 2.24) is 4.31 Å². The predicted octanol–water partition coefficient (Wildman–Crippen LogP) is -0.623. The highest BCUT2D eigenvalue weighted by atomic mass is 32.2. The third-order valence-corrected chi connectivity index (χ3v) is 3.84. The summed E-state index contributed by atoms with van der Waals surface area (Å²) in [4.78, 5) is 11.0. The average Bonchev–Trinajstić information content (AvgIpc) is 2.47. The molecule has 1 unspecified atom stereocenters. The summed E-state index contributed by atoms with van der Waals surface area (Å²) in [7, 11) is -3.75. The van der Waals surface area contributed by atoms with Crippen molar-refractivity contribution in [3.63, 3.8) is 0 Å². The Bertz CT molecular complexity index is 340. The molecule has 1 aliphatic heterocycles. The van der Waals surface area contributed by atoms with E-state index in [1.165, 1.54) is 0 Å². The summed E-state index contributed by atoms with van der Waals surface area (Å²) in [6, 6.07) is 0. The van der Waals surface area contributed by atoms with E-state index in [4.69, 9.17) is 10.2 Å². The molecule has 14 heavy (non-hydrogen) atoms. The molecular weight excluding hydrogens is 208 g/mol. The van der Waals surface area contributed by atoms with Crippen molar-refractivity contribution in [2.45, 2.75) is 19.8 Å². The molecule has 0 aliphatic carbocycles. The first-order valence-corrected chi connectivity index (χ1v) is 5.83. The number of aliphatic carboxylic acids is 1. The van der Waals surface area contributed by atoms with Crippen molar-refractivity contribution in [2.24, 2.45) is 10.6 Å². The molecule has 1 rings (SSSR count). The number of hydrogen-bond acceptors (Lipinski definition) is 3. The van der Waals surface area contributed by atoms with Crippen molar-refractivity contribution in [3.8, 4) is 0 Å². The van der Waals surface area contributed by atoms with Crippen molar-refractivity contribution >= 4 is 16.2 Å². The summed E-state index contributed by atoms with van der Waals surface area (Å²) in [5.74, 6) is -0.953. The molecule has 1 aliphatic rings. The van der Waals surface area contributed by atoms with Crippen molar-refractivity contribution in [1.29, 1.82) is 0 Å². The molecule has 1 heterocycles. The van der Waals surface area contributed by atoms with Gasteiger partial charge in [0.25, 0.3) is 10.2 Å². The van der Waals surface area contributed by atoms with E-state index in [1.807, 2.05) is 0 Å². The first kappa shape index (κ1) is 11.4. The van der Waals surface area contributed by atoms with Crippen LogP contribution in [0.15, 0.2) is 0 Å². The van der Waals surface area contributed by atoms with E-state index < -0.39 is 21.6 Å². The Labute approximate surface area is 82.9 Å². The normalized spacial score (nSPS) is 29.3. The molecule has 0 bridgehead atoms. The lowest BCUT2D eigenvalue weighted by Crippen LogP contribution is -2.39. The maximum atomic E-state index is 11.0. The van der Waals surface area contributed by atoms with Crippen LogP contribution in [0.4, 0.5) is 0 Å². The summed E-state index contributed by atoms with van der Waals surface area (Å²) >= 11 is 0. The van der Waals surface area contributed by atoms with Gasteiger partial charge in [0, 0.05) is 13.1 Å². The topological polar surface area (TPSA) is 101 Å². The monoisotopic (exact) mass is 222 g/mol. The van der Waals surface area contributed by atoms with Gasteiger partial charge in [-0.25, -0.2) is 5.14 Å².